The number of furan rings is 1. The minimum absolute atomic E-state index is 0.321. The second-order valence-corrected chi connectivity index (χ2v) is 10.3. The summed E-state index contributed by atoms with van der Waals surface area (Å²) in [6.45, 7) is 19.2. The van der Waals surface area contributed by atoms with Crippen LogP contribution in [0.4, 0.5) is 0 Å². The highest BCUT2D eigenvalue weighted by molar-refractivity contribution is 7.90. The maximum atomic E-state index is 11.2. The molecule has 0 aliphatic heterocycles. The van der Waals surface area contributed by atoms with Crippen LogP contribution in [-0.4, -0.2) is 14.7 Å². The first-order valence-electron chi connectivity index (χ1n) is 12.9. The summed E-state index contributed by atoms with van der Waals surface area (Å²) >= 11 is 0. The van der Waals surface area contributed by atoms with Crippen molar-refractivity contribution in [2.75, 3.05) is 6.26 Å². The van der Waals surface area contributed by atoms with Crippen molar-refractivity contribution < 1.29 is 12.8 Å². The molecule has 0 amide bonds. The smallest absolute Gasteiger partial charge is 0.175 e. The van der Waals surface area contributed by atoms with Crippen LogP contribution in [0, 0.1) is 11.8 Å². The van der Waals surface area contributed by atoms with Gasteiger partial charge >= 0.3 is 0 Å². The van der Waals surface area contributed by atoms with E-state index >= 15 is 0 Å². The van der Waals surface area contributed by atoms with Gasteiger partial charge in [-0.3, -0.25) is 0 Å². The molecule has 2 aromatic carbocycles. The van der Waals surface area contributed by atoms with E-state index in [0.29, 0.717) is 10.5 Å². The van der Waals surface area contributed by atoms with Gasteiger partial charge in [-0.1, -0.05) is 112 Å². The highest BCUT2D eigenvalue weighted by atomic mass is 32.2. The van der Waals surface area contributed by atoms with Gasteiger partial charge in [-0.15, -0.1) is 0 Å². The molecule has 3 aromatic rings. The van der Waals surface area contributed by atoms with Crippen LogP contribution in [0.15, 0.2) is 70.2 Å². The fourth-order valence-corrected chi connectivity index (χ4v) is 3.44. The largest absolute Gasteiger partial charge is 0.464 e. The molecule has 0 fully saturated rings. The van der Waals surface area contributed by atoms with Gasteiger partial charge in [0.1, 0.15) is 5.58 Å². The third kappa shape index (κ3) is 15.7. The molecule has 34 heavy (non-hydrogen) atoms. The maximum Gasteiger partial charge on any atom is 0.175 e. The van der Waals surface area contributed by atoms with Crippen LogP contribution in [0.2, 0.25) is 0 Å². The van der Waals surface area contributed by atoms with Crippen LogP contribution >= 0.6 is 0 Å². The number of hydrogen-bond acceptors (Lipinski definition) is 3. The highest BCUT2D eigenvalue weighted by Gasteiger charge is 2.07. The first-order chi connectivity index (χ1) is 16.2. The predicted molar refractivity (Wildman–Crippen MR) is 151 cm³/mol. The van der Waals surface area contributed by atoms with E-state index in [2.05, 4.69) is 65.0 Å². The predicted octanol–water partition coefficient (Wildman–Crippen LogP) is 9.61. The molecule has 194 valence electrons. The quantitative estimate of drug-likeness (QED) is 0.345. The number of benzene rings is 2. The fraction of sp³-hybridized carbons (Fsp3) is 0.533. The summed E-state index contributed by atoms with van der Waals surface area (Å²) in [4.78, 5) is 0.321. The lowest BCUT2D eigenvalue weighted by molar-refractivity contribution is 0.522. The Morgan fingerprint density at radius 3 is 1.88 bits per heavy atom. The van der Waals surface area contributed by atoms with Crippen molar-refractivity contribution >= 4 is 20.8 Å². The third-order valence-electron chi connectivity index (χ3n) is 4.88. The highest BCUT2D eigenvalue weighted by Crippen LogP contribution is 2.19. The van der Waals surface area contributed by atoms with E-state index < -0.39 is 9.84 Å². The number of fused-ring (bicyclic) bond motifs is 1. The molecule has 0 bridgehead atoms. The fourth-order valence-electron chi connectivity index (χ4n) is 2.79. The van der Waals surface area contributed by atoms with Crippen LogP contribution in [0.25, 0.3) is 11.0 Å². The molecule has 0 unspecified atom stereocenters. The monoisotopic (exact) mass is 490 g/mol. The van der Waals surface area contributed by atoms with Crippen molar-refractivity contribution in [3.8, 4) is 0 Å². The molecule has 0 saturated carbocycles. The van der Waals surface area contributed by atoms with E-state index in [4.69, 9.17) is 4.42 Å². The zero-order valence-electron chi connectivity index (χ0n) is 23.4. The summed E-state index contributed by atoms with van der Waals surface area (Å²) in [6.07, 6.45) is 7.91. The average molecular weight is 491 g/mol. The SMILES string of the molecule is CC.CC.CCC(C)C.CCC[C@@H](C)Cc1ccccc1.CS(=O)(=O)c1ccc2occc2c1. The van der Waals surface area contributed by atoms with Crippen molar-refractivity contribution in [2.24, 2.45) is 11.8 Å². The second-order valence-electron chi connectivity index (χ2n) is 8.28. The van der Waals surface area contributed by atoms with Crippen LogP contribution in [0.5, 0.6) is 0 Å². The van der Waals surface area contributed by atoms with Gasteiger partial charge in [0, 0.05) is 11.6 Å². The number of sulfone groups is 1. The van der Waals surface area contributed by atoms with E-state index in [0.717, 1.165) is 17.2 Å². The summed E-state index contributed by atoms with van der Waals surface area (Å²) in [7, 11) is -3.11. The average Bonchev–Trinajstić information content (AvgIpc) is 3.31. The second kappa shape index (κ2) is 20.3. The zero-order valence-corrected chi connectivity index (χ0v) is 24.2. The topological polar surface area (TPSA) is 47.3 Å². The molecular weight excluding hydrogens is 440 g/mol. The molecule has 3 nitrogen and oxygen atoms in total. The molecule has 0 spiro atoms. The van der Waals surface area contributed by atoms with Crippen molar-refractivity contribution in [3.05, 3.63) is 66.4 Å². The summed E-state index contributed by atoms with van der Waals surface area (Å²) in [5.74, 6) is 1.72. The Bertz CT molecular complexity index is 941. The minimum atomic E-state index is -3.11. The number of rotatable bonds is 6. The lowest BCUT2D eigenvalue weighted by Crippen LogP contribution is -1.98. The van der Waals surface area contributed by atoms with E-state index in [1.165, 1.54) is 43.8 Å². The molecule has 1 heterocycles. The van der Waals surface area contributed by atoms with Crippen molar-refractivity contribution in [1.29, 1.82) is 0 Å². The standard InChI is InChI=1S/C12H18.C9H8O3S.C5H12.2C2H6/c1-3-7-11(2)10-12-8-5-4-6-9-12;1-13(10,11)8-2-3-9-7(6-8)4-5-12-9;1-4-5(2)3;2*1-2/h4-6,8-9,11H,3,7,10H2,1-2H3;2-6H,1H3;5H,4H2,1-3H3;2*1-2H3/t11-;;;;/m1..../s1. The summed E-state index contributed by atoms with van der Waals surface area (Å²) in [6, 6.07) is 17.3. The van der Waals surface area contributed by atoms with Crippen LogP contribution < -0.4 is 0 Å². The van der Waals surface area contributed by atoms with E-state index in [1.807, 2.05) is 27.7 Å². The van der Waals surface area contributed by atoms with Crippen LogP contribution in [0.1, 0.15) is 87.1 Å². The Morgan fingerprint density at radius 1 is 0.853 bits per heavy atom. The van der Waals surface area contributed by atoms with E-state index in [9.17, 15) is 8.42 Å². The van der Waals surface area contributed by atoms with Gasteiger partial charge in [0.2, 0.25) is 0 Å². The Kier molecular flexibility index (Phi) is 20.4. The van der Waals surface area contributed by atoms with Crippen molar-refractivity contribution in [3.63, 3.8) is 0 Å². The summed E-state index contributed by atoms with van der Waals surface area (Å²) in [5, 5.41) is 0.808. The molecule has 0 radical (unpaired) electrons. The Morgan fingerprint density at radius 2 is 1.41 bits per heavy atom. The normalized spacial score (nSPS) is 10.9. The number of hydrogen-bond donors (Lipinski definition) is 0. The van der Waals surface area contributed by atoms with Gasteiger partial charge in [0.05, 0.1) is 11.2 Å². The van der Waals surface area contributed by atoms with Gasteiger partial charge in [-0.2, -0.15) is 0 Å². The molecule has 0 N–H and O–H groups in total. The molecular formula is C30H50O3S. The zero-order chi connectivity index (χ0) is 26.6. The van der Waals surface area contributed by atoms with Gasteiger partial charge in [0.15, 0.2) is 9.84 Å². The third-order valence-corrected chi connectivity index (χ3v) is 5.99. The van der Waals surface area contributed by atoms with Crippen LogP contribution in [0.3, 0.4) is 0 Å². The lowest BCUT2D eigenvalue weighted by Gasteiger charge is -2.08. The first kappa shape index (κ1) is 34.1. The Labute approximate surface area is 210 Å². The van der Waals surface area contributed by atoms with Gasteiger partial charge in [0.25, 0.3) is 0 Å². The minimum Gasteiger partial charge on any atom is -0.464 e. The molecule has 1 aromatic heterocycles. The van der Waals surface area contributed by atoms with Gasteiger partial charge < -0.3 is 4.42 Å². The first-order valence-corrected chi connectivity index (χ1v) is 14.8. The van der Waals surface area contributed by atoms with Crippen molar-refractivity contribution in [2.45, 2.75) is 92.9 Å². The summed E-state index contributed by atoms with van der Waals surface area (Å²) < 4.78 is 27.4. The van der Waals surface area contributed by atoms with Crippen molar-refractivity contribution in [1.82, 2.24) is 0 Å². The summed E-state index contributed by atoms with van der Waals surface area (Å²) in [5.41, 5.74) is 2.17. The Balaban J connectivity index is 0. The Hall–Kier alpha value is -2.07. The van der Waals surface area contributed by atoms with Gasteiger partial charge in [-0.25, -0.2) is 8.42 Å². The maximum absolute atomic E-state index is 11.2. The van der Waals surface area contributed by atoms with E-state index in [1.54, 1.807) is 24.3 Å². The molecule has 3 rings (SSSR count). The molecule has 1 atom stereocenters. The molecule has 0 saturated heterocycles. The molecule has 0 aliphatic rings. The lowest BCUT2D eigenvalue weighted by atomic mass is 9.97. The van der Waals surface area contributed by atoms with E-state index in [-0.39, 0.29) is 0 Å². The molecule has 4 heteroatoms. The molecule has 0 aliphatic carbocycles. The van der Waals surface area contributed by atoms with Crippen LogP contribution in [-0.2, 0) is 16.3 Å². The van der Waals surface area contributed by atoms with Gasteiger partial charge in [-0.05, 0) is 48.1 Å².